The van der Waals surface area contributed by atoms with Crippen LogP contribution in [0.4, 0.5) is 0 Å². The van der Waals surface area contributed by atoms with Crippen LogP contribution in [0.25, 0.3) is 0 Å². The summed E-state index contributed by atoms with van der Waals surface area (Å²) in [6.45, 7) is 2.23. The minimum Gasteiger partial charge on any atom is -0.507 e. The molecule has 0 bridgehead atoms. The number of hydrogen-bond acceptors (Lipinski definition) is 6. The minimum absolute atomic E-state index is 0.000179. The van der Waals surface area contributed by atoms with Gasteiger partial charge in [-0.25, -0.2) is 0 Å². The van der Waals surface area contributed by atoms with Gasteiger partial charge in [-0.1, -0.05) is 31.4 Å². The number of thioether (sulfide) groups is 1. The number of benzene rings is 1. The monoisotopic (exact) mass is 380 g/mol. The van der Waals surface area contributed by atoms with Gasteiger partial charge in [0, 0.05) is 37.6 Å². The molecule has 7 heteroatoms. The lowest BCUT2D eigenvalue weighted by Crippen LogP contribution is -2.34. The summed E-state index contributed by atoms with van der Waals surface area (Å²) in [4.78, 5) is 29.0. The number of phenols is 1. The average Bonchev–Trinajstić information content (AvgIpc) is 2.65. The van der Waals surface area contributed by atoms with Gasteiger partial charge in [-0.2, -0.15) is 11.8 Å². The first-order valence-electron chi connectivity index (χ1n) is 9.26. The third-order valence-electron chi connectivity index (χ3n) is 4.19. The van der Waals surface area contributed by atoms with Crippen molar-refractivity contribution in [1.82, 2.24) is 10.4 Å². The Morgan fingerprint density at radius 2 is 1.77 bits per heavy atom. The zero-order chi connectivity index (χ0) is 18.6. The number of nitrogens with one attached hydrogen (secondary N) is 1. The van der Waals surface area contributed by atoms with Crippen LogP contribution in [0.3, 0.4) is 0 Å². The molecule has 0 aromatic heterocycles. The van der Waals surface area contributed by atoms with E-state index in [4.69, 9.17) is 4.84 Å². The zero-order valence-electron chi connectivity index (χ0n) is 15.1. The van der Waals surface area contributed by atoms with Crippen LogP contribution in [0.2, 0.25) is 0 Å². The lowest BCUT2D eigenvalue weighted by Gasteiger charge is -2.24. The van der Waals surface area contributed by atoms with Crippen molar-refractivity contribution in [3.05, 3.63) is 29.8 Å². The van der Waals surface area contributed by atoms with Gasteiger partial charge in [-0.05, 0) is 25.0 Å². The predicted octanol–water partition coefficient (Wildman–Crippen LogP) is 2.97. The molecule has 26 heavy (non-hydrogen) atoms. The highest BCUT2D eigenvalue weighted by Crippen LogP contribution is 2.15. The molecule has 1 fully saturated rings. The molecule has 6 nitrogen and oxygen atoms in total. The average molecular weight is 381 g/mol. The van der Waals surface area contributed by atoms with Crippen LogP contribution in [0.15, 0.2) is 24.3 Å². The van der Waals surface area contributed by atoms with Crippen LogP contribution in [-0.2, 0) is 9.63 Å². The van der Waals surface area contributed by atoms with Crippen molar-refractivity contribution >= 4 is 23.6 Å². The molecule has 1 aromatic rings. The quantitative estimate of drug-likeness (QED) is 0.608. The second-order valence-corrected chi connectivity index (χ2v) is 7.52. The minimum atomic E-state index is -0.248. The van der Waals surface area contributed by atoms with Crippen molar-refractivity contribution in [2.45, 2.75) is 38.5 Å². The largest absolute Gasteiger partial charge is 0.507 e. The van der Waals surface area contributed by atoms with Gasteiger partial charge in [0.25, 0.3) is 5.91 Å². The number of aromatic hydroxyl groups is 1. The van der Waals surface area contributed by atoms with Gasteiger partial charge in [0.2, 0.25) is 0 Å². The summed E-state index contributed by atoms with van der Waals surface area (Å²) in [5, 5.41) is 14.2. The maximum Gasteiger partial charge on any atom is 0.325 e. The van der Waals surface area contributed by atoms with E-state index in [1.54, 1.807) is 23.3 Å². The fraction of sp³-hybridized carbons (Fsp3) is 0.579. The molecule has 2 rings (SSSR count). The van der Waals surface area contributed by atoms with Gasteiger partial charge in [0.15, 0.2) is 0 Å². The number of phenolic OH excluding ortho intramolecular Hbond substituents is 1. The molecule has 1 amide bonds. The van der Waals surface area contributed by atoms with Crippen molar-refractivity contribution < 1.29 is 19.5 Å². The Kier molecular flexibility index (Phi) is 9.34. The Morgan fingerprint density at radius 1 is 1.08 bits per heavy atom. The third kappa shape index (κ3) is 7.66. The number of carbonyl (C=O) groups is 2. The van der Waals surface area contributed by atoms with E-state index >= 15 is 0 Å². The first kappa shape index (κ1) is 20.6. The second-order valence-electron chi connectivity index (χ2n) is 6.30. The molecule has 1 aliphatic rings. The van der Waals surface area contributed by atoms with Gasteiger partial charge >= 0.3 is 5.97 Å². The van der Waals surface area contributed by atoms with Crippen molar-refractivity contribution in [1.29, 1.82) is 0 Å². The molecular weight excluding hydrogens is 352 g/mol. The van der Waals surface area contributed by atoms with E-state index in [0.717, 1.165) is 56.7 Å². The molecule has 1 saturated heterocycles. The summed E-state index contributed by atoms with van der Waals surface area (Å²) >= 11 is 1.89. The lowest BCUT2D eigenvalue weighted by molar-refractivity contribution is -0.188. The van der Waals surface area contributed by atoms with Gasteiger partial charge in [0.05, 0.1) is 5.56 Å². The van der Waals surface area contributed by atoms with E-state index in [1.165, 1.54) is 6.07 Å². The number of unbranched alkanes of at least 4 members (excludes halogenated alkanes) is 4. The molecule has 2 N–H and O–H groups in total. The first-order chi connectivity index (χ1) is 12.7. The van der Waals surface area contributed by atoms with Crippen LogP contribution in [-0.4, -0.2) is 53.2 Å². The summed E-state index contributed by atoms with van der Waals surface area (Å²) in [5.41, 5.74) is 0.304. The predicted molar refractivity (Wildman–Crippen MR) is 103 cm³/mol. The SMILES string of the molecule is O=C(CCCCCCCNC(=O)c1ccccc1O)ON1CCSCC1. The fourth-order valence-corrected chi connectivity index (χ4v) is 3.58. The summed E-state index contributed by atoms with van der Waals surface area (Å²) in [5.74, 6) is 1.66. The van der Waals surface area contributed by atoms with Crippen LogP contribution in [0, 0.1) is 0 Å². The molecule has 0 spiro atoms. The number of hydrogen-bond donors (Lipinski definition) is 2. The zero-order valence-corrected chi connectivity index (χ0v) is 15.9. The van der Waals surface area contributed by atoms with E-state index < -0.39 is 0 Å². The van der Waals surface area contributed by atoms with Gasteiger partial charge in [0.1, 0.15) is 5.75 Å². The van der Waals surface area contributed by atoms with Crippen LogP contribution in [0.5, 0.6) is 5.75 Å². The Bertz CT molecular complexity index is 576. The molecule has 0 unspecified atom stereocenters. The smallest absolute Gasteiger partial charge is 0.325 e. The Labute approximate surface area is 159 Å². The van der Waals surface area contributed by atoms with Crippen LogP contribution < -0.4 is 5.32 Å². The van der Waals surface area contributed by atoms with E-state index in [0.29, 0.717) is 18.5 Å². The highest BCUT2D eigenvalue weighted by Gasteiger charge is 2.14. The first-order valence-corrected chi connectivity index (χ1v) is 10.4. The van der Waals surface area contributed by atoms with Crippen LogP contribution in [0.1, 0.15) is 48.9 Å². The highest BCUT2D eigenvalue weighted by atomic mass is 32.2. The fourth-order valence-electron chi connectivity index (χ4n) is 2.71. The molecule has 0 atom stereocenters. The number of hydroxylamine groups is 2. The van der Waals surface area contributed by atoms with Crippen molar-refractivity contribution in [2.24, 2.45) is 0 Å². The highest BCUT2D eigenvalue weighted by molar-refractivity contribution is 7.99. The molecular formula is C19H28N2O4S. The van der Waals surface area contributed by atoms with E-state index in [-0.39, 0.29) is 17.6 Å². The Balaban J connectivity index is 1.45. The number of para-hydroxylation sites is 1. The normalized spacial score (nSPS) is 14.8. The molecule has 1 aliphatic heterocycles. The van der Waals surface area contributed by atoms with E-state index in [9.17, 15) is 14.7 Å². The molecule has 0 radical (unpaired) electrons. The molecule has 144 valence electrons. The molecule has 1 aromatic carbocycles. The third-order valence-corrected chi connectivity index (χ3v) is 5.14. The summed E-state index contributed by atoms with van der Waals surface area (Å²) in [7, 11) is 0. The van der Waals surface area contributed by atoms with Gasteiger partial charge in [-0.15, -0.1) is 5.06 Å². The number of amides is 1. The van der Waals surface area contributed by atoms with Crippen molar-refractivity contribution in [3.63, 3.8) is 0 Å². The van der Waals surface area contributed by atoms with Crippen LogP contribution >= 0.6 is 11.8 Å². The Hall–Kier alpha value is -1.73. The van der Waals surface area contributed by atoms with Gasteiger partial charge in [-0.3, -0.25) is 9.59 Å². The summed E-state index contributed by atoms with van der Waals surface area (Å²) < 4.78 is 0. The summed E-state index contributed by atoms with van der Waals surface area (Å²) in [6.07, 6.45) is 5.20. The maximum atomic E-state index is 11.9. The summed E-state index contributed by atoms with van der Waals surface area (Å²) in [6, 6.07) is 6.52. The standard InChI is InChI=1S/C19H28N2O4S/c22-17-9-6-5-8-16(17)19(24)20-11-7-3-1-2-4-10-18(23)25-21-12-14-26-15-13-21/h5-6,8-9,22H,1-4,7,10-15H2,(H,20,24). The van der Waals surface area contributed by atoms with E-state index in [1.807, 2.05) is 11.8 Å². The number of rotatable bonds is 10. The lowest BCUT2D eigenvalue weighted by atomic mass is 10.1. The Morgan fingerprint density at radius 3 is 2.54 bits per heavy atom. The van der Waals surface area contributed by atoms with E-state index in [2.05, 4.69) is 5.32 Å². The van der Waals surface area contributed by atoms with Crippen molar-refractivity contribution in [2.75, 3.05) is 31.1 Å². The number of nitrogens with zero attached hydrogens (tertiary/aromatic N) is 1. The second kappa shape index (κ2) is 11.8. The molecule has 1 heterocycles. The maximum absolute atomic E-state index is 11.9. The van der Waals surface area contributed by atoms with Gasteiger partial charge < -0.3 is 15.3 Å². The molecule has 0 saturated carbocycles. The van der Waals surface area contributed by atoms with Crippen molar-refractivity contribution in [3.8, 4) is 5.75 Å². The topological polar surface area (TPSA) is 78.9 Å². The number of carbonyl (C=O) groups excluding carboxylic acids is 2. The molecule has 0 aliphatic carbocycles.